The fourth-order valence-corrected chi connectivity index (χ4v) is 3.05. The molecular formula is C23H16ClNO2. The fourth-order valence-electron chi connectivity index (χ4n) is 2.78. The molecule has 3 aromatic carbocycles. The number of allylic oxidation sites excluding steroid dienone is 1. The monoisotopic (exact) mass is 373 g/mol. The maximum atomic E-state index is 9.65. The molecule has 0 aromatic heterocycles. The molecule has 0 bridgehead atoms. The second kappa shape index (κ2) is 8.32. The minimum absolute atomic E-state index is 0.0891. The van der Waals surface area contributed by atoms with Crippen molar-refractivity contribution in [3.8, 4) is 29.9 Å². The quantitative estimate of drug-likeness (QED) is 0.333. The van der Waals surface area contributed by atoms with Gasteiger partial charge in [0.1, 0.15) is 6.61 Å². The van der Waals surface area contributed by atoms with E-state index in [9.17, 15) is 5.26 Å². The standard InChI is InChI=1S/C23H16ClNO2/c1-3-10-27-23-21(24)12-16(13-22(23)26-2)11-20(15-25)19-9-8-17-6-4-5-7-18(17)14-19/h1,4-9,11-14H,10H2,2H3. The summed E-state index contributed by atoms with van der Waals surface area (Å²) in [7, 11) is 1.52. The zero-order valence-electron chi connectivity index (χ0n) is 14.7. The zero-order chi connectivity index (χ0) is 19.2. The Morgan fingerprint density at radius 3 is 2.63 bits per heavy atom. The molecule has 0 saturated heterocycles. The Kier molecular flexibility index (Phi) is 5.67. The van der Waals surface area contributed by atoms with Gasteiger partial charge in [-0.25, -0.2) is 0 Å². The number of nitriles is 1. The smallest absolute Gasteiger partial charge is 0.181 e. The molecule has 0 fully saturated rings. The Morgan fingerprint density at radius 2 is 1.93 bits per heavy atom. The Hall–Kier alpha value is -3.40. The maximum absolute atomic E-state index is 9.65. The van der Waals surface area contributed by atoms with Crippen molar-refractivity contribution < 1.29 is 9.47 Å². The third kappa shape index (κ3) is 4.06. The number of hydrogen-bond donors (Lipinski definition) is 0. The highest BCUT2D eigenvalue weighted by atomic mass is 35.5. The highest BCUT2D eigenvalue weighted by Crippen LogP contribution is 2.37. The number of rotatable bonds is 5. The molecule has 0 atom stereocenters. The molecule has 3 aromatic rings. The van der Waals surface area contributed by atoms with Crippen molar-refractivity contribution >= 4 is 34.0 Å². The summed E-state index contributed by atoms with van der Waals surface area (Å²) in [5.74, 6) is 3.24. The van der Waals surface area contributed by atoms with E-state index >= 15 is 0 Å². The minimum atomic E-state index is 0.0891. The molecule has 0 saturated carbocycles. The van der Waals surface area contributed by atoms with Crippen LogP contribution in [0.4, 0.5) is 0 Å². The van der Waals surface area contributed by atoms with Gasteiger partial charge in [-0.3, -0.25) is 0 Å². The van der Waals surface area contributed by atoms with Gasteiger partial charge in [0.25, 0.3) is 0 Å². The summed E-state index contributed by atoms with van der Waals surface area (Å²) < 4.78 is 10.8. The molecule has 0 aliphatic heterocycles. The van der Waals surface area contributed by atoms with Crippen molar-refractivity contribution in [2.75, 3.05) is 13.7 Å². The number of hydrogen-bond acceptors (Lipinski definition) is 3. The van der Waals surface area contributed by atoms with Crippen LogP contribution in [0.3, 0.4) is 0 Å². The van der Waals surface area contributed by atoms with Crippen LogP contribution in [0.15, 0.2) is 54.6 Å². The first-order valence-electron chi connectivity index (χ1n) is 8.21. The van der Waals surface area contributed by atoms with Gasteiger partial charge < -0.3 is 9.47 Å². The van der Waals surface area contributed by atoms with Gasteiger partial charge in [0.15, 0.2) is 11.5 Å². The van der Waals surface area contributed by atoms with Gasteiger partial charge in [-0.2, -0.15) is 5.26 Å². The van der Waals surface area contributed by atoms with Crippen LogP contribution in [0.1, 0.15) is 11.1 Å². The molecule has 0 spiro atoms. The number of fused-ring (bicyclic) bond motifs is 1. The first-order chi connectivity index (χ1) is 13.2. The first-order valence-corrected chi connectivity index (χ1v) is 8.59. The van der Waals surface area contributed by atoms with Gasteiger partial charge in [0.2, 0.25) is 0 Å². The topological polar surface area (TPSA) is 42.2 Å². The molecule has 3 nitrogen and oxygen atoms in total. The summed E-state index contributed by atoms with van der Waals surface area (Å²) in [4.78, 5) is 0. The molecule has 27 heavy (non-hydrogen) atoms. The third-order valence-corrected chi connectivity index (χ3v) is 4.32. The van der Waals surface area contributed by atoms with Gasteiger partial charge >= 0.3 is 0 Å². The summed E-state index contributed by atoms with van der Waals surface area (Å²) in [6.07, 6.45) is 7.00. The molecule has 3 rings (SSSR count). The highest BCUT2D eigenvalue weighted by molar-refractivity contribution is 6.32. The molecule has 132 valence electrons. The molecule has 0 aliphatic rings. The molecule has 0 aliphatic carbocycles. The van der Waals surface area contributed by atoms with E-state index in [1.165, 1.54) is 7.11 Å². The molecule has 4 heteroatoms. The number of ether oxygens (including phenoxy) is 2. The van der Waals surface area contributed by atoms with Crippen LogP contribution in [0.25, 0.3) is 22.4 Å². The van der Waals surface area contributed by atoms with Crippen molar-refractivity contribution in [2.24, 2.45) is 0 Å². The van der Waals surface area contributed by atoms with Crippen molar-refractivity contribution in [3.63, 3.8) is 0 Å². The van der Waals surface area contributed by atoms with Crippen LogP contribution < -0.4 is 9.47 Å². The van der Waals surface area contributed by atoms with E-state index in [4.69, 9.17) is 27.5 Å². The fraction of sp³-hybridized carbons (Fsp3) is 0.0870. The van der Waals surface area contributed by atoms with Crippen LogP contribution in [0, 0.1) is 23.7 Å². The molecule has 0 heterocycles. The summed E-state index contributed by atoms with van der Waals surface area (Å²) in [6, 6.07) is 19.7. The minimum Gasteiger partial charge on any atom is -0.493 e. The van der Waals surface area contributed by atoms with Gasteiger partial charge in [-0.05, 0) is 46.2 Å². The SMILES string of the molecule is C#CCOc1c(Cl)cc(C=C(C#N)c2ccc3ccccc3c2)cc1OC. The Labute approximate surface area is 163 Å². The number of terminal acetylenes is 1. The second-order valence-electron chi connectivity index (χ2n) is 5.76. The lowest BCUT2D eigenvalue weighted by Gasteiger charge is -2.12. The van der Waals surface area contributed by atoms with Crippen molar-refractivity contribution in [1.82, 2.24) is 0 Å². The van der Waals surface area contributed by atoms with Gasteiger partial charge in [-0.1, -0.05) is 53.9 Å². The lowest BCUT2D eigenvalue weighted by molar-refractivity contribution is 0.331. The Balaban J connectivity index is 2.03. The van der Waals surface area contributed by atoms with Crippen molar-refractivity contribution in [3.05, 3.63) is 70.7 Å². The van der Waals surface area contributed by atoms with Gasteiger partial charge in [0, 0.05) is 0 Å². The summed E-state index contributed by atoms with van der Waals surface area (Å²) in [6.45, 7) is 0.0891. The van der Waals surface area contributed by atoms with Crippen LogP contribution >= 0.6 is 11.6 Å². The van der Waals surface area contributed by atoms with E-state index in [0.29, 0.717) is 22.1 Å². The number of halogens is 1. The number of methoxy groups -OCH3 is 1. The molecular weight excluding hydrogens is 358 g/mol. The predicted molar refractivity (Wildman–Crippen MR) is 110 cm³/mol. The highest BCUT2D eigenvalue weighted by Gasteiger charge is 2.12. The van der Waals surface area contributed by atoms with E-state index in [1.54, 1.807) is 18.2 Å². The van der Waals surface area contributed by atoms with Crippen molar-refractivity contribution in [2.45, 2.75) is 0 Å². The van der Waals surface area contributed by atoms with Crippen LogP contribution in [-0.2, 0) is 0 Å². The maximum Gasteiger partial charge on any atom is 0.181 e. The largest absolute Gasteiger partial charge is 0.493 e. The number of nitrogens with zero attached hydrogens (tertiary/aromatic N) is 1. The Morgan fingerprint density at radius 1 is 1.15 bits per heavy atom. The normalized spacial score (nSPS) is 10.9. The average molecular weight is 374 g/mol. The molecule has 0 radical (unpaired) electrons. The average Bonchev–Trinajstić information content (AvgIpc) is 2.70. The molecule has 0 N–H and O–H groups in total. The summed E-state index contributed by atoms with van der Waals surface area (Å²) in [5, 5.41) is 12.2. The first kappa shape index (κ1) is 18.4. The Bertz CT molecular complexity index is 1100. The van der Waals surface area contributed by atoms with Crippen LogP contribution in [-0.4, -0.2) is 13.7 Å². The third-order valence-electron chi connectivity index (χ3n) is 4.04. The lowest BCUT2D eigenvalue weighted by atomic mass is 10.00. The number of benzene rings is 3. The van der Waals surface area contributed by atoms with Crippen LogP contribution in [0.5, 0.6) is 11.5 Å². The van der Waals surface area contributed by atoms with E-state index in [0.717, 1.165) is 21.9 Å². The van der Waals surface area contributed by atoms with Crippen molar-refractivity contribution in [1.29, 1.82) is 5.26 Å². The van der Waals surface area contributed by atoms with E-state index in [1.807, 2.05) is 42.5 Å². The molecule has 0 amide bonds. The zero-order valence-corrected chi connectivity index (χ0v) is 15.5. The van der Waals surface area contributed by atoms with E-state index < -0.39 is 0 Å². The van der Waals surface area contributed by atoms with E-state index in [-0.39, 0.29) is 6.61 Å². The van der Waals surface area contributed by atoms with Gasteiger partial charge in [-0.15, -0.1) is 6.42 Å². The molecule has 0 unspecified atom stereocenters. The lowest BCUT2D eigenvalue weighted by Crippen LogP contribution is -1.98. The summed E-state index contributed by atoms with van der Waals surface area (Å²) in [5.41, 5.74) is 2.09. The predicted octanol–water partition coefficient (Wildman–Crippen LogP) is 5.58. The summed E-state index contributed by atoms with van der Waals surface area (Å²) >= 11 is 6.31. The van der Waals surface area contributed by atoms with Gasteiger partial charge in [0.05, 0.1) is 23.8 Å². The second-order valence-corrected chi connectivity index (χ2v) is 6.17. The van der Waals surface area contributed by atoms with E-state index in [2.05, 4.69) is 12.0 Å². The van der Waals surface area contributed by atoms with Crippen LogP contribution in [0.2, 0.25) is 5.02 Å².